The van der Waals surface area contributed by atoms with E-state index in [1.807, 2.05) is 0 Å². The van der Waals surface area contributed by atoms with Gasteiger partial charge >= 0.3 is 5.97 Å². The number of aryl methyl sites for hydroxylation is 2. The normalized spacial score (nSPS) is 10.8. The van der Waals surface area contributed by atoms with Crippen molar-refractivity contribution in [3.8, 4) is 0 Å². The first-order chi connectivity index (χ1) is 8.45. The van der Waals surface area contributed by atoms with Crippen LogP contribution in [-0.2, 0) is 6.54 Å². The molecule has 0 saturated carbocycles. The number of carboxylic acid groups (broad SMARTS) is 1. The third kappa shape index (κ3) is 1.75. The molecular weight excluding hydrogens is 239 g/mol. The Morgan fingerprint density at radius 1 is 1.56 bits per heavy atom. The molecule has 0 aliphatic rings. The minimum atomic E-state index is -1.33. The number of nitrogens with zero attached hydrogens (tertiary/aromatic N) is 2. The van der Waals surface area contributed by atoms with E-state index in [-0.39, 0.29) is 16.6 Å². The molecule has 5 nitrogen and oxygen atoms in total. The molecule has 0 amide bonds. The number of fused-ring (bicyclic) bond motifs is 1. The van der Waals surface area contributed by atoms with Gasteiger partial charge in [0.15, 0.2) is 0 Å². The Labute approximate surface area is 102 Å². The van der Waals surface area contributed by atoms with E-state index in [1.165, 1.54) is 17.7 Å². The van der Waals surface area contributed by atoms with E-state index in [0.717, 1.165) is 6.07 Å². The number of aromatic nitrogens is 2. The van der Waals surface area contributed by atoms with E-state index in [0.29, 0.717) is 12.2 Å². The second kappa shape index (κ2) is 4.21. The van der Waals surface area contributed by atoms with Gasteiger partial charge < -0.3 is 9.67 Å². The second-order valence-corrected chi connectivity index (χ2v) is 3.89. The van der Waals surface area contributed by atoms with Crippen LogP contribution in [0.15, 0.2) is 17.1 Å². The Bertz CT molecular complexity index is 707. The Kier molecular flexibility index (Phi) is 2.86. The minimum absolute atomic E-state index is 0.0140. The molecule has 2 heterocycles. The second-order valence-electron chi connectivity index (χ2n) is 3.89. The highest BCUT2D eigenvalue weighted by Gasteiger charge is 2.16. The Balaban J connectivity index is 2.99. The van der Waals surface area contributed by atoms with E-state index >= 15 is 0 Å². The summed E-state index contributed by atoms with van der Waals surface area (Å²) in [6.45, 7) is 3.72. The van der Waals surface area contributed by atoms with Crippen LogP contribution in [0.25, 0.3) is 11.0 Å². The molecule has 0 radical (unpaired) electrons. The molecule has 0 aliphatic carbocycles. The van der Waals surface area contributed by atoms with Gasteiger partial charge in [0.1, 0.15) is 17.0 Å². The number of hydrogen-bond donors (Lipinski definition) is 1. The lowest BCUT2D eigenvalue weighted by Crippen LogP contribution is -2.19. The molecule has 0 spiro atoms. The van der Waals surface area contributed by atoms with Gasteiger partial charge in [0.2, 0.25) is 5.43 Å². The Morgan fingerprint density at radius 3 is 2.78 bits per heavy atom. The third-order valence-corrected chi connectivity index (χ3v) is 2.75. The molecule has 0 saturated heterocycles. The molecule has 0 aliphatic heterocycles. The maximum Gasteiger partial charge on any atom is 0.341 e. The van der Waals surface area contributed by atoms with Crippen molar-refractivity contribution in [2.75, 3.05) is 0 Å². The van der Waals surface area contributed by atoms with E-state index in [2.05, 4.69) is 4.98 Å². The average molecular weight is 250 g/mol. The average Bonchev–Trinajstić information content (AvgIpc) is 2.32. The van der Waals surface area contributed by atoms with Crippen LogP contribution in [0.2, 0.25) is 0 Å². The van der Waals surface area contributed by atoms with Crippen LogP contribution < -0.4 is 5.43 Å². The molecule has 2 aromatic heterocycles. The van der Waals surface area contributed by atoms with Crippen LogP contribution in [0.3, 0.4) is 0 Å². The molecular formula is C12H11FN2O3. The minimum Gasteiger partial charge on any atom is -0.477 e. The quantitative estimate of drug-likeness (QED) is 0.877. The Hall–Kier alpha value is -2.24. The summed E-state index contributed by atoms with van der Waals surface area (Å²) in [5.41, 5.74) is -0.624. The highest BCUT2D eigenvalue weighted by Crippen LogP contribution is 2.13. The molecule has 1 N–H and O–H groups in total. The lowest BCUT2D eigenvalue weighted by Gasteiger charge is -2.09. The van der Waals surface area contributed by atoms with Gasteiger partial charge in [-0.1, -0.05) is 0 Å². The maximum absolute atomic E-state index is 13.4. The number of halogens is 1. The zero-order valence-corrected chi connectivity index (χ0v) is 9.90. The van der Waals surface area contributed by atoms with Crippen molar-refractivity contribution >= 4 is 17.0 Å². The molecule has 94 valence electrons. The lowest BCUT2D eigenvalue weighted by molar-refractivity contribution is 0.0695. The van der Waals surface area contributed by atoms with Crippen LogP contribution in [-0.4, -0.2) is 20.6 Å². The molecule has 0 unspecified atom stereocenters. The number of carboxylic acids is 1. The summed E-state index contributed by atoms with van der Waals surface area (Å²) in [5, 5.41) is 8.93. The van der Waals surface area contributed by atoms with E-state index < -0.39 is 17.2 Å². The summed E-state index contributed by atoms with van der Waals surface area (Å²) in [7, 11) is 0. The van der Waals surface area contributed by atoms with Gasteiger partial charge in [0.05, 0.1) is 11.1 Å². The van der Waals surface area contributed by atoms with Crippen LogP contribution in [0.4, 0.5) is 4.39 Å². The van der Waals surface area contributed by atoms with Crippen molar-refractivity contribution < 1.29 is 14.3 Å². The van der Waals surface area contributed by atoms with E-state index in [4.69, 9.17) is 5.11 Å². The topological polar surface area (TPSA) is 72.2 Å². The predicted octanol–water partition coefficient (Wildman–Crippen LogP) is 1.56. The fraction of sp³-hybridized carbons (Fsp3) is 0.250. The first-order valence-corrected chi connectivity index (χ1v) is 5.39. The number of rotatable bonds is 2. The fourth-order valence-corrected chi connectivity index (χ4v) is 1.77. The van der Waals surface area contributed by atoms with Crippen molar-refractivity contribution in [1.29, 1.82) is 0 Å². The number of aromatic carboxylic acids is 1. The zero-order valence-electron chi connectivity index (χ0n) is 9.90. The smallest absolute Gasteiger partial charge is 0.341 e. The van der Waals surface area contributed by atoms with Gasteiger partial charge in [-0.05, 0) is 19.9 Å². The fourth-order valence-electron chi connectivity index (χ4n) is 1.77. The SMILES string of the molecule is CCn1cc(C(=O)O)c(=O)c2cc(F)c(C)nc21. The third-order valence-electron chi connectivity index (χ3n) is 2.75. The largest absolute Gasteiger partial charge is 0.477 e. The van der Waals surface area contributed by atoms with Crippen molar-refractivity contribution in [2.45, 2.75) is 20.4 Å². The van der Waals surface area contributed by atoms with E-state index in [1.54, 1.807) is 6.92 Å². The molecule has 0 atom stereocenters. The predicted molar refractivity (Wildman–Crippen MR) is 63.3 cm³/mol. The first kappa shape index (κ1) is 12.2. The van der Waals surface area contributed by atoms with Crippen LogP contribution in [0.5, 0.6) is 0 Å². The van der Waals surface area contributed by atoms with Crippen molar-refractivity contribution in [1.82, 2.24) is 9.55 Å². The molecule has 0 fully saturated rings. The van der Waals surface area contributed by atoms with Crippen LogP contribution in [0, 0.1) is 12.7 Å². The van der Waals surface area contributed by atoms with Gasteiger partial charge in [0, 0.05) is 12.7 Å². The summed E-state index contributed by atoms with van der Waals surface area (Å²) in [5.74, 6) is -1.95. The maximum atomic E-state index is 13.4. The summed E-state index contributed by atoms with van der Waals surface area (Å²) in [6, 6.07) is 1.04. The van der Waals surface area contributed by atoms with Crippen molar-refractivity contribution in [3.05, 3.63) is 39.6 Å². The summed E-state index contributed by atoms with van der Waals surface area (Å²) in [6.07, 6.45) is 1.23. The van der Waals surface area contributed by atoms with Gasteiger partial charge in [-0.2, -0.15) is 0 Å². The van der Waals surface area contributed by atoms with Gasteiger partial charge in [-0.3, -0.25) is 4.79 Å². The van der Waals surface area contributed by atoms with Crippen LogP contribution in [0.1, 0.15) is 23.0 Å². The lowest BCUT2D eigenvalue weighted by atomic mass is 10.2. The summed E-state index contributed by atoms with van der Waals surface area (Å²) >= 11 is 0. The van der Waals surface area contributed by atoms with E-state index in [9.17, 15) is 14.0 Å². The summed E-state index contributed by atoms with van der Waals surface area (Å²) < 4.78 is 15.0. The molecule has 2 aromatic rings. The van der Waals surface area contributed by atoms with Gasteiger partial charge in [-0.15, -0.1) is 0 Å². The zero-order chi connectivity index (χ0) is 13.4. The number of carbonyl (C=O) groups is 1. The molecule has 2 rings (SSSR count). The van der Waals surface area contributed by atoms with Crippen LogP contribution >= 0.6 is 0 Å². The highest BCUT2D eigenvalue weighted by molar-refractivity contribution is 5.91. The standard InChI is InChI=1S/C12H11FN2O3/c1-3-15-5-8(12(17)18)10(16)7-4-9(13)6(2)14-11(7)15/h4-5H,3H2,1-2H3,(H,17,18). The number of hydrogen-bond acceptors (Lipinski definition) is 3. The van der Waals surface area contributed by atoms with Crippen molar-refractivity contribution in [2.24, 2.45) is 0 Å². The first-order valence-electron chi connectivity index (χ1n) is 5.39. The van der Waals surface area contributed by atoms with Gasteiger partial charge in [0.25, 0.3) is 0 Å². The monoisotopic (exact) mass is 250 g/mol. The molecule has 18 heavy (non-hydrogen) atoms. The molecule has 0 bridgehead atoms. The number of pyridine rings is 2. The van der Waals surface area contributed by atoms with Crippen molar-refractivity contribution in [3.63, 3.8) is 0 Å². The highest BCUT2D eigenvalue weighted by atomic mass is 19.1. The molecule has 0 aromatic carbocycles. The Morgan fingerprint density at radius 2 is 2.22 bits per heavy atom. The van der Waals surface area contributed by atoms with Gasteiger partial charge in [-0.25, -0.2) is 14.2 Å². The summed E-state index contributed by atoms with van der Waals surface area (Å²) in [4.78, 5) is 26.9. The molecule has 6 heteroatoms.